The minimum absolute atomic E-state index is 0.0531. The van der Waals surface area contributed by atoms with E-state index in [1.54, 1.807) is 44.4 Å². The van der Waals surface area contributed by atoms with E-state index in [2.05, 4.69) is 5.32 Å². The standard InChI is InChI=1S/C19H19N3O5/c1-12-3-8-16(17(9-12)22(25)26)20-19(24)13-10-18(23)21(11-13)14-4-6-15(27-2)7-5-14/h3-9,13H,10-11H2,1-2H3,(H,20,24). The second-order valence-corrected chi connectivity index (χ2v) is 6.37. The van der Waals surface area contributed by atoms with Gasteiger partial charge in [-0.25, -0.2) is 0 Å². The highest BCUT2D eigenvalue weighted by Gasteiger charge is 2.35. The lowest BCUT2D eigenvalue weighted by molar-refractivity contribution is -0.384. The minimum Gasteiger partial charge on any atom is -0.497 e. The lowest BCUT2D eigenvalue weighted by Gasteiger charge is -2.17. The van der Waals surface area contributed by atoms with Crippen molar-refractivity contribution in [3.63, 3.8) is 0 Å². The summed E-state index contributed by atoms with van der Waals surface area (Å²) in [5.74, 6) is -0.489. The van der Waals surface area contributed by atoms with E-state index in [1.165, 1.54) is 17.0 Å². The first-order valence-electron chi connectivity index (χ1n) is 8.39. The molecule has 27 heavy (non-hydrogen) atoms. The third kappa shape index (κ3) is 3.89. The summed E-state index contributed by atoms with van der Waals surface area (Å²) in [6.45, 7) is 1.96. The van der Waals surface area contributed by atoms with Gasteiger partial charge < -0.3 is 15.0 Å². The van der Waals surface area contributed by atoms with Gasteiger partial charge in [-0.2, -0.15) is 0 Å². The first-order chi connectivity index (χ1) is 12.9. The molecule has 3 rings (SSSR count). The molecule has 1 saturated heterocycles. The number of hydrogen-bond acceptors (Lipinski definition) is 5. The van der Waals surface area contributed by atoms with E-state index in [4.69, 9.17) is 4.74 Å². The first-order valence-corrected chi connectivity index (χ1v) is 8.39. The summed E-state index contributed by atoms with van der Waals surface area (Å²) in [5.41, 5.74) is 1.37. The molecule has 1 atom stereocenters. The summed E-state index contributed by atoms with van der Waals surface area (Å²) in [4.78, 5) is 37.1. The Morgan fingerprint density at radius 1 is 1.26 bits per heavy atom. The number of anilines is 2. The van der Waals surface area contributed by atoms with Crippen LogP contribution in [-0.4, -0.2) is 30.4 Å². The Labute approximate surface area is 155 Å². The monoisotopic (exact) mass is 369 g/mol. The van der Waals surface area contributed by atoms with Crippen LogP contribution >= 0.6 is 0 Å². The Bertz CT molecular complexity index is 895. The van der Waals surface area contributed by atoms with Crippen LogP contribution in [0.3, 0.4) is 0 Å². The highest BCUT2D eigenvalue weighted by molar-refractivity contribution is 6.04. The summed E-state index contributed by atoms with van der Waals surface area (Å²) >= 11 is 0. The van der Waals surface area contributed by atoms with Crippen molar-refractivity contribution in [3.8, 4) is 5.75 Å². The van der Waals surface area contributed by atoms with E-state index in [-0.39, 0.29) is 30.2 Å². The van der Waals surface area contributed by atoms with Crippen LogP contribution in [0.25, 0.3) is 0 Å². The van der Waals surface area contributed by atoms with Crippen molar-refractivity contribution in [3.05, 3.63) is 58.1 Å². The van der Waals surface area contributed by atoms with Crippen LogP contribution < -0.4 is 15.0 Å². The number of nitro groups is 1. The number of amides is 2. The SMILES string of the molecule is COc1ccc(N2CC(C(=O)Nc3ccc(C)cc3[N+](=O)[O-])CC2=O)cc1. The number of methoxy groups -OCH3 is 1. The summed E-state index contributed by atoms with van der Waals surface area (Å²) in [5, 5.41) is 13.8. The van der Waals surface area contributed by atoms with E-state index in [9.17, 15) is 19.7 Å². The molecule has 1 fully saturated rings. The summed E-state index contributed by atoms with van der Waals surface area (Å²) < 4.78 is 5.10. The molecule has 8 nitrogen and oxygen atoms in total. The average Bonchev–Trinajstić information content (AvgIpc) is 3.05. The Kier molecular flexibility index (Phi) is 5.07. The van der Waals surface area contributed by atoms with Gasteiger partial charge in [-0.05, 0) is 42.8 Å². The minimum atomic E-state index is -0.583. The van der Waals surface area contributed by atoms with Crippen molar-refractivity contribution in [1.82, 2.24) is 0 Å². The Morgan fingerprint density at radius 2 is 1.96 bits per heavy atom. The smallest absolute Gasteiger partial charge is 0.293 e. The van der Waals surface area contributed by atoms with Gasteiger partial charge in [-0.3, -0.25) is 19.7 Å². The van der Waals surface area contributed by atoms with Crippen molar-refractivity contribution < 1.29 is 19.2 Å². The Morgan fingerprint density at radius 3 is 2.59 bits per heavy atom. The maximum Gasteiger partial charge on any atom is 0.293 e. The van der Waals surface area contributed by atoms with Gasteiger partial charge in [0.2, 0.25) is 11.8 Å². The largest absolute Gasteiger partial charge is 0.497 e. The number of nitro benzene ring substituents is 1. The van der Waals surface area contributed by atoms with Crippen molar-refractivity contribution in [2.45, 2.75) is 13.3 Å². The predicted molar refractivity (Wildman–Crippen MR) is 99.9 cm³/mol. The topological polar surface area (TPSA) is 102 Å². The third-order valence-corrected chi connectivity index (χ3v) is 4.49. The second-order valence-electron chi connectivity index (χ2n) is 6.37. The van der Waals surface area contributed by atoms with Gasteiger partial charge in [0.15, 0.2) is 0 Å². The normalized spacial score (nSPS) is 16.3. The number of nitrogens with one attached hydrogen (secondary N) is 1. The molecule has 2 amide bonds. The Balaban J connectivity index is 1.73. The maximum absolute atomic E-state index is 12.6. The van der Waals surface area contributed by atoms with Crippen molar-refractivity contribution >= 4 is 28.9 Å². The van der Waals surface area contributed by atoms with Gasteiger partial charge in [-0.15, -0.1) is 0 Å². The summed E-state index contributed by atoms with van der Waals surface area (Å²) in [6.07, 6.45) is 0.0531. The number of aryl methyl sites for hydroxylation is 1. The molecule has 0 aliphatic carbocycles. The van der Waals surface area contributed by atoms with Gasteiger partial charge in [0, 0.05) is 24.7 Å². The molecule has 0 saturated carbocycles. The number of benzene rings is 2. The molecule has 2 aromatic carbocycles. The van der Waals surface area contributed by atoms with Crippen LogP contribution in [-0.2, 0) is 9.59 Å². The van der Waals surface area contributed by atoms with Gasteiger partial charge in [-0.1, -0.05) is 6.07 Å². The molecule has 0 bridgehead atoms. The summed E-state index contributed by atoms with van der Waals surface area (Å²) in [7, 11) is 1.56. The third-order valence-electron chi connectivity index (χ3n) is 4.49. The fourth-order valence-corrected chi connectivity index (χ4v) is 3.03. The number of rotatable bonds is 5. The fraction of sp³-hybridized carbons (Fsp3) is 0.263. The van der Waals surface area contributed by atoms with E-state index in [0.29, 0.717) is 11.4 Å². The van der Waals surface area contributed by atoms with Crippen LogP contribution in [0, 0.1) is 23.0 Å². The molecule has 1 aliphatic rings. The van der Waals surface area contributed by atoms with E-state index in [0.717, 1.165) is 5.56 Å². The number of hydrogen-bond donors (Lipinski definition) is 1. The lowest BCUT2D eigenvalue weighted by atomic mass is 10.1. The predicted octanol–water partition coefficient (Wildman–Crippen LogP) is 2.90. The molecule has 2 aromatic rings. The number of nitrogens with zero attached hydrogens (tertiary/aromatic N) is 2. The first kappa shape index (κ1) is 18.4. The maximum atomic E-state index is 12.6. The van der Waals surface area contributed by atoms with Crippen LogP contribution in [0.2, 0.25) is 0 Å². The second kappa shape index (κ2) is 7.45. The van der Waals surface area contributed by atoms with E-state index < -0.39 is 16.7 Å². The number of carbonyl (C=O) groups is 2. The highest BCUT2D eigenvalue weighted by Crippen LogP contribution is 2.30. The molecular weight excluding hydrogens is 350 g/mol. The highest BCUT2D eigenvalue weighted by atomic mass is 16.6. The molecule has 8 heteroatoms. The summed E-state index contributed by atoms with van der Waals surface area (Å²) in [6, 6.07) is 11.6. The fourth-order valence-electron chi connectivity index (χ4n) is 3.03. The van der Waals surface area contributed by atoms with Crippen molar-refractivity contribution in [1.29, 1.82) is 0 Å². The van der Waals surface area contributed by atoms with Gasteiger partial charge in [0.25, 0.3) is 5.69 Å². The molecule has 1 unspecified atom stereocenters. The molecule has 1 heterocycles. The molecule has 0 radical (unpaired) electrons. The average molecular weight is 369 g/mol. The van der Waals surface area contributed by atoms with E-state index in [1.807, 2.05) is 0 Å². The van der Waals surface area contributed by atoms with Crippen LogP contribution in [0.4, 0.5) is 17.1 Å². The molecule has 1 N–H and O–H groups in total. The Hall–Kier alpha value is -3.42. The van der Waals surface area contributed by atoms with Crippen LogP contribution in [0.15, 0.2) is 42.5 Å². The van der Waals surface area contributed by atoms with Gasteiger partial charge >= 0.3 is 0 Å². The molecule has 0 aromatic heterocycles. The zero-order valence-corrected chi connectivity index (χ0v) is 15.0. The van der Waals surface area contributed by atoms with Gasteiger partial charge in [0.05, 0.1) is 18.0 Å². The van der Waals surface area contributed by atoms with Gasteiger partial charge in [0.1, 0.15) is 11.4 Å². The quantitative estimate of drug-likeness (QED) is 0.645. The zero-order chi connectivity index (χ0) is 19.6. The lowest BCUT2D eigenvalue weighted by Crippen LogP contribution is -2.28. The molecular formula is C19H19N3O5. The molecule has 0 spiro atoms. The number of ether oxygens (including phenoxy) is 1. The molecule has 140 valence electrons. The van der Waals surface area contributed by atoms with Crippen LogP contribution in [0.5, 0.6) is 5.75 Å². The zero-order valence-electron chi connectivity index (χ0n) is 15.0. The van der Waals surface area contributed by atoms with E-state index >= 15 is 0 Å². The van der Waals surface area contributed by atoms with Crippen molar-refractivity contribution in [2.75, 3.05) is 23.9 Å². The van der Waals surface area contributed by atoms with Crippen LogP contribution in [0.1, 0.15) is 12.0 Å². The van der Waals surface area contributed by atoms with Crippen molar-refractivity contribution in [2.24, 2.45) is 5.92 Å². The molecule has 1 aliphatic heterocycles. The number of carbonyl (C=O) groups excluding carboxylic acids is 2.